The van der Waals surface area contributed by atoms with E-state index < -0.39 is 0 Å². The summed E-state index contributed by atoms with van der Waals surface area (Å²) in [5.41, 5.74) is 6.90. The Kier molecular flexibility index (Phi) is 7.04. The Labute approximate surface area is 116 Å². The van der Waals surface area contributed by atoms with E-state index in [-0.39, 0.29) is 6.04 Å². The Hall–Kier alpha value is -1.48. The average molecular weight is 263 g/mol. The number of unbranched alkanes of at least 4 members (excludes halogenated alkanes) is 3. The quantitative estimate of drug-likeness (QED) is 0.544. The lowest BCUT2D eigenvalue weighted by atomic mass is 10.1. The van der Waals surface area contributed by atoms with Crippen molar-refractivity contribution >= 4 is 0 Å². The van der Waals surface area contributed by atoms with Crippen LogP contribution in [0.2, 0.25) is 0 Å². The lowest BCUT2D eigenvalue weighted by Gasteiger charge is -2.13. The van der Waals surface area contributed by atoms with Crippen molar-refractivity contribution in [2.24, 2.45) is 5.73 Å². The molecule has 106 valence electrons. The molecule has 0 aliphatic rings. The smallest absolute Gasteiger partial charge is 0.161 e. The first kappa shape index (κ1) is 15.6. The predicted octanol–water partition coefficient (Wildman–Crippen LogP) is 3.84. The molecule has 0 bridgehead atoms. The van der Waals surface area contributed by atoms with Gasteiger partial charge in [0.25, 0.3) is 0 Å². The van der Waals surface area contributed by atoms with E-state index in [4.69, 9.17) is 15.2 Å². The van der Waals surface area contributed by atoms with Crippen molar-refractivity contribution in [3.05, 3.63) is 36.4 Å². The summed E-state index contributed by atoms with van der Waals surface area (Å²) in [5, 5.41) is 0. The molecule has 1 aromatic rings. The van der Waals surface area contributed by atoms with Gasteiger partial charge in [0.05, 0.1) is 13.7 Å². The van der Waals surface area contributed by atoms with Gasteiger partial charge in [-0.05, 0) is 50.3 Å². The highest BCUT2D eigenvalue weighted by Crippen LogP contribution is 2.29. The van der Waals surface area contributed by atoms with Gasteiger partial charge in [0.1, 0.15) is 0 Å². The number of benzene rings is 1. The van der Waals surface area contributed by atoms with E-state index in [1.54, 1.807) is 7.11 Å². The minimum atomic E-state index is 0.00172. The fourth-order valence-electron chi connectivity index (χ4n) is 1.84. The average Bonchev–Trinajstić information content (AvgIpc) is 2.42. The second-order valence-corrected chi connectivity index (χ2v) is 4.69. The molecule has 1 atom stereocenters. The van der Waals surface area contributed by atoms with Gasteiger partial charge in [-0.25, -0.2) is 0 Å². The largest absolute Gasteiger partial charge is 0.493 e. The van der Waals surface area contributed by atoms with Crippen LogP contribution in [0, 0.1) is 0 Å². The minimum absolute atomic E-state index is 0.00172. The molecule has 3 heteroatoms. The SMILES string of the molecule is C=CCCCCCOc1ccc(C(C)N)cc1OC. The maximum absolute atomic E-state index is 5.85. The molecule has 2 N–H and O–H groups in total. The number of hydrogen-bond acceptors (Lipinski definition) is 3. The zero-order valence-corrected chi connectivity index (χ0v) is 12.0. The van der Waals surface area contributed by atoms with Crippen LogP contribution in [0.4, 0.5) is 0 Å². The topological polar surface area (TPSA) is 44.5 Å². The van der Waals surface area contributed by atoms with Crippen LogP contribution in [-0.2, 0) is 0 Å². The third kappa shape index (κ3) is 5.35. The summed E-state index contributed by atoms with van der Waals surface area (Å²) < 4.78 is 11.1. The van der Waals surface area contributed by atoms with Gasteiger partial charge in [-0.2, -0.15) is 0 Å². The van der Waals surface area contributed by atoms with E-state index in [9.17, 15) is 0 Å². The van der Waals surface area contributed by atoms with Crippen LogP contribution in [-0.4, -0.2) is 13.7 Å². The van der Waals surface area contributed by atoms with Gasteiger partial charge in [0, 0.05) is 6.04 Å². The number of methoxy groups -OCH3 is 1. The van der Waals surface area contributed by atoms with E-state index in [1.165, 1.54) is 6.42 Å². The standard InChI is InChI=1S/C16H25NO2/c1-4-5-6-7-8-11-19-15-10-9-14(13(2)17)12-16(15)18-3/h4,9-10,12-13H,1,5-8,11,17H2,2-3H3. The minimum Gasteiger partial charge on any atom is -0.493 e. The normalized spacial score (nSPS) is 11.9. The molecule has 19 heavy (non-hydrogen) atoms. The number of rotatable bonds is 9. The monoisotopic (exact) mass is 263 g/mol. The van der Waals surface area contributed by atoms with Crippen LogP contribution in [0.1, 0.15) is 44.2 Å². The number of ether oxygens (including phenoxy) is 2. The second kappa shape index (κ2) is 8.59. The molecular formula is C16H25NO2. The summed E-state index contributed by atoms with van der Waals surface area (Å²) >= 11 is 0. The molecule has 0 radical (unpaired) electrons. The zero-order chi connectivity index (χ0) is 14.1. The molecule has 0 amide bonds. The summed E-state index contributed by atoms with van der Waals surface area (Å²) in [6.45, 7) is 6.38. The highest BCUT2D eigenvalue weighted by atomic mass is 16.5. The fourth-order valence-corrected chi connectivity index (χ4v) is 1.84. The third-order valence-corrected chi connectivity index (χ3v) is 3.02. The Bertz CT molecular complexity index is 388. The Morgan fingerprint density at radius 3 is 2.68 bits per heavy atom. The molecule has 1 aromatic carbocycles. The van der Waals surface area contributed by atoms with Gasteiger partial charge < -0.3 is 15.2 Å². The van der Waals surface area contributed by atoms with Crippen LogP contribution in [0.5, 0.6) is 11.5 Å². The van der Waals surface area contributed by atoms with Crippen LogP contribution in [0.15, 0.2) is 30.9 Å². The van der Waals surface area contributed by atoms with E-state index in [1.807, 2.05) is 31.2 Å². The van der Waals surface area contributed by atoms with Crippen LogP contribution >= 0.6 is 0 Å². The highest BCUT2D eigenvalue weighted by Gasteiger charge is 2.07. The van der Waals surface area contributed by atoms with Gasteiger partial charge in [-0.15, -0.1) is 6.58 Å². The Balaban J connectivity index is 2.46. The van der Waals surface area contributed by atoms with Crippen molar-refractivity contribution < 1.29 is 9.47 Å². The highest BCUT2D eigenvalue weighted by molar-refractivity contribution is 5.43. The Morgan fingerprint density at radius 1 is 1.26 bits per heavy atom. The fraction of sp³-hybridized carbons (Fsp3) is 0.500. The van der Waals surface area contributed by atoms with Crippen LogP contribution < -0.4 is 15.2 Å². The molecule has 0 saturated carbocycles. The number of nitrogens with two attached hydrogens (primary N) is 1. The lowest BCUT2D eigenvalue weighted by molar-refractivity contribution is 0.285. The van der Waals surface area contributed by atoms with E-state index >= 15 is 0 Å². The van der Waals surface area contributed by atoms with E-state index in [0.29, 0.717) is 6.61 Å². The third-order valence-electron chi connectivity index (χ3n) is 3.02. The molecule has 1 rings (SSSR count). The summed E-state index contributed by atoms with van der Waals surface area (Å²) in [4.78, 5) is 0. The van der Waals surface area contributed by atoms with Crippen molar-refractivity contribution in [1.29, 1.82) is 0 Å². The lowest BCUT2D eigenvalue weighted by Crippen LogP contribution is -2.06. The van der Waals surface area contributed by atoms with Crippen LogP contribution in [0.3, 0.4) is 0 Å². The first-order valence-corrected chi connectivity index (χ1v) is 6.86. The second-order valence-electron chi connectivity index (χ2n) is 4.69. The van der Waals surface area contributed by atoms with Gasteiger partial charge in [0.15, 0.2) is 11.5 Å². The molecule has 3 nitrogen and oxygen atoms in total. The first-order chi connectivity index (χ1) is 9.19. The van der Waals surface area contributed by atoms with Crippen molar-refractivity contribution in [2.75, 3.05) is 13.7 Å². The first-order valence-electron chi connectivity index (χ1n) is 6.86. The summed E-state index contributed by atoms with van der Waals surface area (Å²) in [6.07, 6.45) is 6.41. The maximum Gasteiger partial charge on any atom is 0.161 e. The summed E-state index contributed by atoms with van der Waals surface area (Å²) in [6, 6.07) is 5.86. The van der Waals surface area contributed by atoms with Gasteiger partial charge in [-0.3, -0.25) is 0 Å². The van der Waals surface area contributed by atoms with Gasteiger partial charge in [-0.1, -0.05) is 12.1 Å². The molecule has 0 aliphatic heterocycles. The molecular weight excluding hydrogens is 238 g/mol. The summed E-state index contributed by atoms with van der Waals surface area (Å²) in [5.74, 6) is 1.54. The molecule has 0 spiro atoms. The Morgan fingerprint density at radius 2 is 2.05 bits per heavy atom. The van der Waals surface area contributed by atoms with Gasteiger partial charge in [0.2, 0.25) is 0 Å². The van der Waals surface area contributed by atoms with Crippen molar-refractivity contribution in [3.8, 4) is 11.5 Å². The number of hydrogen-bond donors (Lipinski definition) is 1. The molecule has 0 aromatic heterocycles. The van der Waals surface area contributed by atoms with Crippen molar-refractivity contribution in [1.82, 2.24) is 0 Å². The zero-order valence-electron chi connectivity index (χ0n) is 12.0. The van der Waals surface area contributed by atoms with Crippen molar-refractivity contribution in [3.63, 3.8) is 0 Å². The van der Waals surface area contributed by atoms with Crippen molar-refractivity contribution in [2.45, 2.75) is 38.6 Å². The van der Waals surface area contributed by atoms with E-state index in [2.05, 4.69) is 6.58 Å². The molecule has 1 unspecified atom stereocenters. The summed E-state index contributed by atoms with van der Waals surface area (Å²) in [7, 11) is 1.65. The van der Waals surface area contributed by atoms with Crippen LogP contribution in [0.25, 0.3) is 0 Å². The maximum atomic E-state index is 5.85. The van der Waals surface area contributed by atoms with E-state index in [0.717, 1.165) is 36.3 Å². The molecule has 0 aliphatic carbocycles. The predicted molar refractivity (Wildman–Crippen MR) is 79.8 cm³/mol. The number of allylic oxidation sites excluding steroid dienone is 1. The molecule has 0 saturated heterocycles. The molecule has 0 fully saturated rings. The molecule has 0 heterocycles. The van der Waals surface area contributed by atoms with Gasteiger partial charge >= 0.3 is 0 Å².